The normalized spacial score (nSPS) is 16.3. The molecular formula is C35H37F3N8O2. The number of rotatable bonds is 7. The molecule has 4 aromatic rings. The lowest BCUT2D eigenvalue weighted by Crippen LogP contribution is -2.44. The molecule has 10 nitrogen and oxygen atoms in total. The van der Waals surface area contributed by atoms with Crippen LogP contribution in [0.3, 0.4) is 0 Å². The number of halogens is 3. The maximum atomic E-state index is 14.0. The smallest absolute Gasteiger partial charge is 0.381 e. The van der Waals surface area contributed by atoms with Crippen molar-refractivity contribution in [1.82, 2.24) is 29.5 Å². The van der Waals surface area contributed by atoms with Crippen molar-refractivity contribution >= 4 is 23.2 Å². The van der Waals surface area contributed by atoms with Crippen molar-refractivity contribution in [3.8, 4) is 11.8 Å². The standard InChI is InChI=1S/C35H37F3N8O2/c1-24-3-5-27(33(47)42-29-8-7-28(32(18-29)35(36,37)38)22-45-13-11-44(2)12-14-45)17-26(24)6-4-25-19-39-34(40-20-25)43-30-21-41-46(23-30)31-9-15-48-16-10-31/h3,5,7-8,17-21,23,31H,9-16,22H2,1-2H3,(H,42,47)(H,39,40,43). The minimum atomic E-state index is -4.55. The van der Waals surface area contributed by atoms with Gasteiger partial charge in [-0.15, -0.1) is 0 Å². The van der Waals surface area contributed by atoms with Gasteiger partial charge in [-0.2, -0.15) is 18.3 Å². The van der Waals surface area contributed by atoms with Crippen LogP contribution in [0.5, 0.6) is 0 Å². The minimum absolute atomic E-state index is 0.0736. The third-order valence-electron chi connectivity index (χ3n) is 8.58. The summed E-state index contributed by atoms with van der Waals surface area (Å²) in [6, 6.07) is 9.29. The van der Waals surface area contributed by atoms with Gasteiger partial charge in [0.1, 0.15) is 0 Å². The quantitative estimate of drug-likeness (QED) is 0.252. The number of alkyl halides is 3. The van der Waals surface area contributed by atoms with Gasteiger partial charge in [-0.25, -0.2) is 9.97 Å². The molecule has 2 aromatic carbocycles. The molecule has 2 saturated heterocycles. The first kappa shape index (κ1) is 33.1. The molecule has 2 fully saturated rings. The number of nitrogens with zero attached hydrogens (tertiary/aromatic N) is 6. The van der Waals surface area contributed by atoms with Gasteiger partial charge in [-0.3, -0.25) is 14.4 Å². The van der Waals surface area contributed by atoms with Crippen molar-refractivity contribution in [2.75, 3.05) is 57.1 Å². The van der Waals surface area contributed by atoms with Gasteiger partial charge in [0.2, 0.25) is 5.95 Å². The number of carbonyl (C=O) groups excluding carboxylic acids is 1. The van der Waals surface area contributed by atoms with Gasteiger partial charge in [0, 0.05) is 81.3 Å². The summed E-state index contributed by atoms with van der Waals surface area (Å²) in [6.45, 7) is 6.54. The van der Waals surface area contributed by atoms with E-state index in [0.717, 1.165) is 56.5 Å². The number of carbonyl (C=O) groups is 1. The fourth-order valence-corrected chi connectivity index (χ4v) is 5.68. The molecule has 13 heteroatoms. The number of aromatic nitrogens is 4. The Labute approximate surface area is 277 Å². The number of hydrogen-bond acceptors (Lipinski definition) is 8. The molecule has 0 bridgehead atoms. The summed E-state index contributed by atoms with van der Waals surface area (Å²) in [6.07, 6.45) is 4.16. The average Bonchev–Trinajstić information content (AvgIpc) is 3.55. The lowest BCUT2D eigenvalue weighted by Gasteiger charge is -2.33. The van der Waals surface area contributed by atoms with Crippen molar-refractivity contribution in [2.45, 2.75) is 38.5 Å². The van der Waals surface area contributed by atoms with Crippen LogP contribution >= 0.6 is 0 Å². The Morgan fingerprint density at radius 3 is 2.46 bits per heavy atom. The molecule has 2 aliphatic rings. The van der Waals surface area contributed by atoms with Gasteiger partial charge >= 0.3 is 6.18 Å². The van der Waals surface area contributed by atoms with Crippen molar-refractivity contribution in [3.05, 3.63) is 94.6 Å². The Balaban J connectivity index is 1.10. The zero-order valence-electron chi connectivity index (χ0n) is 26.8. The summed E-state index contributed by atoms with van der Waals surface area (Å²) < 4.78 is 49.5. The topological polar surface area (TPSA) is 100 Å². The molecular weight excluding hydrogens is 621 g/mol. The van der Waals surface area contributed by atoms with Gasteiger partial charge in [-0.1, -0.05) is 24.0 Å². The van der Waals surface area contributed by atoms with Crippen molar-refractivity contribution in [1.29, 1.82) is 0 Å². The van der Waals surface area contributed by atoms with Crippen LogP contribution in [0.25, 0.3) is 0 Å². The second-order valence-corrected chi connectivity index (χ2v) is 12.2. The van der Waals surface area contributed by atoms with Crippen molar-refractivity contribution < 1.29 is 22.7 Å². The first-order valence-electron chi connectivity index (χ1n) is 15.9. The van der Waals surface area contributed by atoms with E-state index in [1.165, 1.54) is 12.1 Å². The highest BCUT2D eigenvalue weighted by Gasteiger charge is 2.34. The molecule has 0 atom stereocenters. The van der Waals surface area contributed by atoms with E-state index in [0.29, 0.717) is 36.2 Å². The Morgan fingerprint density at radius 2 is 1.73 bits per heavy atom. The van der Waals surface area contributed by atoms with Crippen LogP contribution in [-0.4, -0.2) is 81.9 Å². The summed E-state index contributed by atoms with van der Waals surface area (Å²) in [4.78, 5) is 26.0. The molecule has 1 amide bonds. The Bertz CT molecular complexity index is 1800. The fraction of sp³-hybridized carbons (Fsp3) is 0.371. The highest BCUT2D eigenvalue weighted by molar-refractivity contribution is 6.04. The molecule has 0 radical (unpaired) electrons. The Kier molecular flexibility index (Phi) is 10.0. The summed E-state index contributed by atoms with van der Waals surface area (Å²) in [5.41, 5.74) is 2.58. The van der Waals surface area contributed by atoms with Crippen molar-refractivity contribution in [2.24, 2.45) is 0 Å². The summed E-state index contributed by atoms with van der Waals surface area (Å²) >= 11 is 0. The molecule has 0 saturated carbocycles. The number of ether oxygens (including phenoxy) is 1. The van der Waals surface area contributed by atoms with E-state index >= 15 is 0 Å². The number of benzene rings is 2. The van der Waals surface area contributed by atoms with Gasteiger partial charge < -0.3 is 20.3 Å². The van der Waals surface area contributed by atoms with Crippen LogP contribution in [0.2, 0.25) is 0 Å². The van der Waals surface area contributed by atoms with E-state index in [9.17, 15) is 18.0 Å². The Hall–Kier alpha value is -4.77. The second kappa shape index (κ2) is 14.6. The van der Waals surface area contributed by atoms with E-state index in [4.69, 9.17) is 4.74 Å². The summed E-state index contributed by atoms with van der Waals surface area (Å²) in [5.74, 6) is 5.97. The molecule has 4 heterocycles. The number of piperazine rings is 1. The number of anilines is 3. The monoisotopic (exact) mass is 658 g/mol. The van der Waals surface area contributed by atoms with Gasteiger partial charge in [0.25, 0.3) is 5.91 Å². The molecule has 0 aliphatic carbocycles. The predicted molar refractivity (Wildman–Crippen MR) is 176 cm³/mol. The number of amides is 1. The summed E-state index contributed by atoms with van der Waals surface area (Å²) in [7, 11) is 2.00. The van der Waals surface area contributed by atoms with Crippen LogP contribution in [0.1, 0.15) is 57.1 Å². The van der Waals surface area contributed by atoms with Gasteiger partial charge in [-0.05, 0) is 62.2 Å². The van der Waals surface area contributed by atoms with Crippen LogP contribution in [0, 0.1) is 18.8 Å². The van der Waals surface area contributed by atoms with Gasteiger partial charge in [0.15, 0.2) is 0 Å². The SMILES string of the molecule is Cc1ccc(C(=O)Nc2ccc(CN3CCN(C)CC3)c(C(F)(F)F)c2)cc1C#Cc1cnc(Nc2cnn(C3CCOCC3)c2)nc1. The van der Waals surface area contributed by atoms with Crippen LogP contribution in [0.15, 0.2) is 61.2 Å². The molecule has 2 aromatic heterocycles. The third-order valence-corrected chi connectivity index (χ3v) is 8.58. The maximum absolute atomic E-state index is 14.0. The van der Waals surface area contributed by atoms with Crippen molar-refractivity contribution in [3.63, 3.8) is 0 Å². The minimum Gasteiger partial charge on any atom is -0.381 e. The van der Waals surface area contributed by atoms with Gasteiger partial charge in [0.05, 0.1) is 29.1 Å². The number of aryl methyl sites for hydroxylation is 1. The maximum Gasteiger partial charge on any atom is 0.416 e. The summed E-state index contributed by atoms with van der Waals surface area (Å²) in [5, 5.41) is 10.2. The molecule has 2 N–H and O–H groups in total. The third kappa shape index (κ3) is 8.38. The molecule has 6 rings (SSSR count). The zero-order valence-corrected chi connectivity index (χ0v) is 26.8. The Morgan fingerprint density at radius 1 is 0.979 bits per heavy atom. The first-order valence-corrected chi connectivity index (χ1v) is 15.9. The fourth-order valence-electron chi connectivity index (χ4n) is 5.68. The van der Waals surface area contributed by atoms with E-state index in [1.807, 2.05) is 29.7 Å². The zero-order chi connectivity index (χ0) is 33.7. The number of hydrogen-bond donors (Lipinski definition) is 2. The van der Waals surface area contributed by atoms with E-state index in [1.54, 1.807) is 36.8 Å². The van der Waals surface area contributed by atoms with E-state index in [-0.39, 0.29) is 23.4 Å². The molecule has 0 unspecified atom stereocenters. The number of likely N-dealkylation sites (N-methyl/N-ethyl adjacent to an activating group) is 1. The van der Waals surface area contributed by atoms with E-state index in [2.05, 4.69) is 42.4 Å². The molecule has 2 aliphatic heterocycles. The first-order chi connectivity index (χ1) is 23.1. The van der Waals surface area contributed by atoms with E-state index < -0.39 is 17.6 Å². The second-order valence-electron chi connectivity index (χ2n) is 12.2. The molecule has 250 valence electrons. The van der Waals surface area contributed by atoms with Crippen LogP contribution in [-0.2, 0) is 17.5 Å². The van der Waals surface area contributed by atoms with Crippen LogP contribution in [0.4, 0.5) is 30.5 Å². The lowest BCUT2D eigenvalue weighted by molar-refractivity contribution is -0.138. The number of nitrogens with one attached hydrogen (secondary N) is 2. The average molecular weight is 659 g/mol. The highest BCUT2D eigenvalue weighted by atomic mass is 19.4. The highest BCUT2D eigenvalue weighted by Crippen LogP contribution is 2.35. The molecule has 48 heavy (non-hydrogen) atoms. The lowest BCUT2D eigenvalue weighted by atomic mass is 10.0. The largest absolute Gasteiger partial charge is 0.416 e. The van der Waals surface area contributed by atoms with Crippen LogP contribution < -0.4 is 10.6 Å². The predicted octanol–water partition coefficient (Wildman–Crippen LogP) is 5.49. The molecule has 0 spiro atoms.